The van der Waals surface area contributed by atoms with Gasteiger partial charge in [-0.05, 0) is 60.6 Å². The molecule has 0 aromatic heterocycles. The lowest BCUT2D eigenvalue weighted by atomic mass is 9.67. The molecule has 0 bridgehead atoms. The fourth-order valence-electron chi connectivity index (χ4n) is 3.81. The van der Waals surface area contributed by atoms with E-state index in [9.17, 15) is 0 Å². The molecule has 0 N–H and O–H groups in total. The molecule has 86 valence electrons. The van der Waals surface area contributed by atoms with Crippen molar-refractivity contribution in [2.75, 3.05) is 0 Å². The zero-order valence-corrected chi connectivity index (χ0v) is 10.9. The van der Waals surface area contributed by atoms with E-state index in [1.165, 1.54) is 43.2 Å². The maximum absolute atomic E-state index is 6.45. The monoisotopic (exact) mass is 234 g/mol. The highest BCUT2D eigenvalue weighted by Gasteiger charge is 2.43. The van der Waals surface area contributed by atoms with E-state index in [-0.39, 0.29) is 0 Å². The van der Waals surface area contributed by atoms with E-state index in [0.717, 1.165) is 10.9 Å². The lowest BCUT2D eigenvalue weighted by Gasteiger charge is -2.38. The summed E-state index contributed by atoms with van der Waals surface area (Å²) in [5.41, 5.74) is 4.81. The number of aryl methyl sites for hydroxylation is 1. The maximum atomic E-state index is 6.45. The van der Waals surface area contributed by atoms with Crippen LogP contribution in [0.15, 0.2) is 12.1 Å². The first kappa shape index (κ1) is 10.7. The Labute approximate surface area is 103 Å². The molecule has 0 unspecified atom stereocenters. The molecule has 2 aliphatic rings. The second-order valence-corrected chi connectivity index (χ2v) is 6.24. The third-order valence-electron chi connectivity index (χ3n) is 4.88. The summed E-state index contributed by atoms with van der Waals surface area (Å²) in [6.45, 7) is 4.59. The molecule has 1 fully saturated rings. The fraction of sp³-hybridized carbons (Fsp3) is 0.600. The van der Waals surface area contributed by atoms with Gasteiger partial charge in [0.15, 0.2) is 0 Å². The van der Waals surface area contributed by atoms with E-state index in [1.807, 2.05) is 0 Å². The number of hydrogen-bond acceptors (Lipinski definition) is 0. The van der Waals surface area contributed by atoms with Gasteiger partial charge >= 0.3 is 0 Å². The van der Waals surface area contributed by atoms with Crippen molar-refractivity contribution in [2.24, 2.45) is 5.41 Å². The predicted octanol–water partition coefficient (Wildman–Crippen LogP) is 4.87. The first-order valence-corrected chi connectivity index (χ1v) is 6.77. The number of hydrogen-bond donors (Lipinski definition) is 0. The molecule has 16 heavy (non-hydrogen) atoms. The highest BCUT2D eigenvalue weighted by Crippen LogP contribution is 2.56. The van der Waals surface area contributed by atoms with Gasteiger partial charge < -0.3 is 0 Å². The van der Waals surface area contributed by atoms with Gasteiger partial charge in [0.1, 0.15) is 0 Å². The SMILES string of the molecule is Cc1ccc2c(c1Cl)CC[C@@]1(C)CCC[C@@H]21. The van der Waals surface area contributed by atoms with Crippen molar-refractivity contribution >= 4 is 11.6 Å². The molecule has 2 atom stereocenters. The van der Waals surface area contributed by atoms with Gasteiger partial charge in [-0.1, -0.05) is 37.1 Å². The number of benzene rings is 1. The standard InChI is InChI=1S/C15H19Cl/c1-10-5-6-11-12(14(10)16)7-9-15(2)8-3-4-13(11)15/h5-6,13H,3-4,7-9H2,1-2H3/t13-,15+/m0/s1. The number of fused-ring (bicyclic) bond motifs is 3. The molecule has 2 aliphatic carbocycles. The van der Waals surface area contributed by atoms with E-state index in [2.05, 4.69) is 26.0 Å². The Bertz CT molecular complexity index is 435. The minimum absolute atomic E-state index is 0.561. The van der Waals surface area contributed by atoms with Crippen LogP contribution in [0.1, 0.15) is 55.2 Å². The summed E-state index contributed by atoms with van der Waals surface area (Å²) in [6.07, 6.45) is 6.67. The summed E-state index contributed by atoms with van der Waals surface area (Å²) in [5, 5.41) is 1.03. The molecular formula is C15H19Cl. The van der Waals surface area contributed by atoms with Crippen molar-refractivity contribution in [3.8, 4) is 0 Å². The Hall–Kier alpha value is -0.490. The molecule has 1 aromatic rings. The van der Waals surface area contributed by atoms with E-state index < -0.39 is 0 Å². The summed E-state index contributed by atoms with van der Waals surface area (Å²) >= 11 is 6.45. The van der Waals surface area contributed by atoms with Crippen molar-refractivity contribution < 1.29 is 0 Å². The van der Waals surface area contributed by atoms with E-state index in [4.69, 9.17) is 11.6 Å². The van der Waals surface area contributed by atoms with Gasteiger partial charge in [0.2, 0.25) is 0 Å². The second kappa shape index (κ2) is 3.50. The van der Waals surface area contributed by atoms with Crippen LogP contribution < -0.4 is 0 Å². The minimum Gasteiger partial charge on any atom is -0.0837 e. The molecule has 1 aromatic carbocycles. The molecule has 0 radical (unpaired) electrons. The Morgan fingerprint density at radius 1 is 1.31 bits per heavy atom. The van der Waals surface area contributed by atoms with Crippen LogP contribution in [0.4, 0.5) is 0 Å². The molecule has 0 aliphatic heterocycles. The largest absolute Gasteiger partial charge is 0.0837 e. The Kier molecular flexibility index (Phi) is 2.33. The molecule has 1 saturated carbocycles. The van der Waals surface area contributed by atoms with Crippen molar-refractivity contribution in [1.82, 2.24) is 0 Å². The van der Waals surface area contributed by atoms with Crippen LogP contribution in [-0.4, -0.2) is 0 Å². The van der Waals surface area contributed by atoms with Crippen molar-refractivity contribution in [2.45, 2.75) is 51.9 Å². The Morgan fingerprint density at radius 3 is 2.94 bits per heavy atom. The summed E-state index contributed by atoms with van der Waals surface area (Å²) in [7, 11) is 0. The summed E-state index contributed by atoms with van der Waals surface area (Å²) < 4.78 is 0. The van der Waals surface area contributed by atoms with Gasteiger partial charge in [-0.2, -0.15) is 0 Å². The molecule has 1 heteroatoms. The zero-order valence-electron chi connectivity index (χ0n) is 10.1. The van der Waals surface area contributed by atoms with Crippen molar-refractivity contribution in [3.63, 3.8) is 0 Å². The Balaban J connectivity index is 2.14. The predicted molar refractivity (Wildman–Crippen MR) is 69.2 cm³/mol. The number of halogens is 1. The summed E-state index contributed by atoms with van der Waals surface area (Å²) in [5.74, 6) is 0.773. The summed E-state index contributed by atoms with van der Waals surface area (Å²) in [4.78, 5) is 0. The smallest absolute Gasteiger partial charge is 0.0470 e. The molecule has 0 amide bonds. The molecule has 0 saturated heterocycles. The quantitative estimate of drug-likeness (QED) is 0.601. The number of rotatable bonds is 0. The third kappa shape index (κ3) is 1.35. The van der Waals surface area contributed by atoms with Gasteiger partial charge in [-0.15, -0.1) is 0 Å². The van der Waals surface area contributed by atoms with E-state index >= 15 is 0 Å². The van der Waals surface area contributed by atoms with Crippen LogP contribution >= 0.6 is 11.6 Å². The minimum atomic E-state index is 0.561. The van der Waals surface area contributed by atoms with Gasteiger partial charge in [-0.25, -0.2) is 0 Å². The molecule has 0 heterocycles. The molecular weight excluding hydrogens is 216 g/mol. The van der Waals surface area contributed by atoms with Gasteiger partial charge in [0.25, 0.3) is 0 Å². The van der Waals surface area contributed by atoms with Crippen LogP contribution in [0.5, 0.6) is 0 Å². The van der Waals surface area contributed by atoms with Crippen molar-refractivity contribution in [1.29, 1.82) is 0 Å². The van der Waals surface area contributed by atoms with Crippen LogP contribution in [0.2, 0.25) is 5.02 Å². The van der Waals surface area contributed by atoms with Crippen LogP contribution in [0, 0.1) is 12.3 Å². The first-order valence-electron chi connectivity index (χ1n) is 6.40. The fourth-order valence-corrected chi connectivity index (χ4v) is 4.07. The normalized spacial score (nSPS) is 32.3. The van der Waals surface area contributed by atoms with E-state index in [0.29, 0.717) is 5.41 Å². The van der Waals surface area contributed by atoms with Crippen LogP contribution in [0.3, 0.4) is 0 Å². The lowest BCUT2D eigenvalue weighted by molar-refractivity contribution is 0.252. The first-order chi connectivity index (χ1) is 7.62. The zero-order chi connectivity index (χ0) is 11.3. The van der Waals surface area contributed by atoms with Crippen LogP contribution in [0.25, 0.3) is 0 Å². The average Bonchev–Trinajstić information content (AvgIpc) is 2.65. The third-order valence-corrected chi connectivity index (χ3v) is 5.40. The van der Waals surface area contributed by atoms with Gasteiger partial charge in [0.05, 0.1) is 0 Å². The van der Waals surface area contributed by atoms with Gasteiger partial charge in [0, 0.05) is 5.02 Å². The van der Waals surface area contributed by atoms with E-state index in [1.54, 1.807) is 5.56 Å². The molecule has 3 rings (SSSR count). The molecule has 0 nitrogen and oxygen atoms in total. The topological polar surface area (TPSA) is 0 Å². The average molecular weight is 235 g/mol. The lowest BCUT2D eigenvalue weighted by Crippen LogP contribution is -2.26. The maximum Gasteiger partial charge on any atom is 0.0470 e. The Morgan fingerprint density at radius 2 is 2.12 bits per heavy atom. The van der Waals surface area contributed by atoms with Crippen LogP contribution in [-0.2, 0) is 6.42 Å². The van der Waals surface area contributed by atoms with Gasteiger partial charge in [-0.3, -0.25) is 0 Å². The van der Waals surface area contributed by atoms with Crippen molar-refractivity contribution in [3.05, 3.63) is 33.8 Å². The molecule has 0 spiro atoms. The highest BCUT2D eigenvalue weighted by molar-refractivity contribution is 6.32. The second-order valence-electron chi connectivity index (χ2n) is 5.86. The highest BCUT2D eigenvalue weighted by atomic mass is 35.5. The summed E-state index contributed by atoms with van der Waals surface area (Å²) in [6, 6.07) is 4.54.